The van der Waals surface area contributed by atoms with E-state index in [0.29, 0.717) is 24.9 Å². The number of hydrogen-bond donors (Lipinski definition) is 1. The number of carbonyl (C=O) groups excluding carboxylic acids is 2. The first-order valence-corrected chi connectivity index (χ1v) is 10.5. The van der Waals surface area contributed by atoms with Crippen LogP contribution in [0.2, 0.25) is 0 Å². The summed E-state index contributed by atoms with van der Waals surface area (Å²) in [7, 11) is 0. The van der Waals surface area contributed by atoms with Gasteiger partial charge in [-0.2, -0.15) is 5.06 Å². The highest BCUT2D eigenvalue weighted by Gasteiger charge is 2.43. The van der Waals surface area contributed by atoms with Crippen molar-refractivity contribution in [3.63, 3.8) is 0 Å². The molecule has 10 heteroatoms. The molecule has 1 aliphatic rings. The summed E-state index contributed by atoms with van der Waals surface area (Å²) in [6, 6.07) is 7.28. The van der Waals surface area contributed by atoms with Crippen molar-refractivity contribution < 1.29 is 23.6 Å². The molecule has 2 amide bonds. The van der Waals surface area contributed by atoms with Gasteiger partial charge in [0.25, 0.3) is 11.8 Å². The smallest absolute Gasteiger partial charge is 0.268 e. The van der Waals surface area contributed by atoms with Crippen LogP contribution in [0.15, 0.2) is 45.6 Å². The molecule has 2 aromatic heterocycles. The summed E-state index contributed by atoms with van der Waals surface area (Å²) in [6.07, 6.45) is -1.15. The third kappa shape index (κ3) is 3.26. The molecule has 3 aromatic rings. The summed E-state index contributed by atoms with van der Waals surface area (Å²) in [5.74, 6) is -3.79. The van der Waals surface area contributed by atoms with Crippen molar-refractivity contribution in [3.05, 3.63) is 67.6 Å². The van der Waals surface area contributed by atoms with Crippen LogP contribution in [-0.4, -0.2) is 33.5 Å². The Morgan fingerprint density at radius 3 is 2.50 bits per heavy atom. The Labute approximate surface area is 174 Å². The first-order valence-electron chi connectivity index (χ1n) is 7.95. The van der Waals surface area contributed by atoms with Crippen molar-refractivity contribution in [2.75, 3.05) is 6.54 Å². The maximum Gasteiger partial charge on any atom is 0.268 e. The minimum Gasteiger partial charge on any atom is -0.302 e. The van der Waals surface area contributed by atoms with Crippen LogP contribution in [-0.2, 0) is 4.79 Å². The first-order chi connectivity index (χ1) is 13.4. The largest absolute Gasteiger partial charge is 0.302 e. The zero-order valence-electron chi connectivity index (χ0n) is 13.9. The molecule has 5 nitrogen and oxygen atoms in total. The Bertz CT molecular complexity index is 1050. The minimum atomic E-state index is -1.15. The number of halogens is 3. The van der Waals surface area contributed by atoms with Gasteiger partial charge in [-0.05, 0) is 51.1 Å². The van der Waals surface area contributed by atoms with Crippen molar-refractivity contribution >= 4 is 50.4 Å². The van der Waals surface area contributed by atoms with Crippen molar-refractivity contribution in [2.24, 2.45) is 0 Å². The van der Waals surface area contributed by atoms with E-state index >= 15 is 0 Å². The van der Waals surface area contributed by atoms with E-state index in [1.54, 1.807) is 29.0 Å². The predicted octanol–water partition coefficient (Wildman–Crippen LogP) is 4.89. The van der Waals surface area contributed by atoms with Crippen LogP contribution in [0.5, 0.6) is 0 Å². The van der Waals surface area contributed by atoms with Crippen LogP contribution in [0.3, 0.4) is 0 Å². The van der Waals surface area contributed by atoms with Crippen LogP contribution in [0.1, 0.15) is 21.4 Å². The van der Waals surface area contributed by atoms with Gasteiger partial charge in [0.05, 0.1) is 4.88 Å². The third-order valence-corrected chi connectivity index (χ3v) is 6.91. The summed E-state index contributed by atoms with van der Waals surface area (Å²) >= 11 is 5.78. The lowest BCUT2D eigenvalue weighted by molar-refractivity contribution is -0.168. The number of nitrogens with zero attached hydrogens (tertiary/aromatic N) is 2. The van der Waals surface area contributed by atoms with Gasteiger partial charge in [-0.1, -0.05) is 6.07 Å². The molecule has 1 N–H and O–H groups in total. The molecule has 4 rings (SSSR count). The van der Waals surface area contributed by atoms with Crippen molar-refractivity contribution in [2.45, 2.75) is 6.17 Å². The second-order valence-corrected chi connectivity index (χ2v) is 8.81. The third-order valence-electron chi connectivity index (χ3n) is 4.25. The fraction of sp³-hybridized carbons (Fsp3) is 0.111. The van der Waals surface area contributed by atoms with E-state index in [9.17, 15) is 23.6 Å². The topological polar surface area (TPSA) is 60.9 Å². The van der Waals surface area contributed by atoms with E-state index in [-0.39, 0.29) is 0 Å². The van der Waals surface area contributed by atoms with E-state index in [0.717, 1.165) is 17.0 Å². The average molecular weight is 485 g/mol. The summed E-state index contributed by atoms with van der Waals surface area (Å²) in [4.78, 5) is 27.0. The van der Waals surface area contributed by atoms with Crippen molar-refractivity contribution in [3.8, 4) is 10.4 Å². The van der Waals surface area contributed by atoms with E-state index in [1.165, 1.54) is 22.7 Å². The molecule has 1 aromatic carbocycles. The van der Waals surface area contributed by atoms with Crippen LogP contribution >= 0.6 is 38.6 Å². The molecule has 1 unspecified atom stereocenters. The van der Waals surface area contributed by atoms with Gasteiger partial charge < -0.3 is 4.90 Å². The second kappa shape index (κ2) is 7.36. The Morgan fingerprint density at radius 2 is 1.93 bits per heavy atom. The van der Waals surface area contributed by atoms with Crippen LogP contribution in [0.4, 0.5) is 8.78 Å². The fourth-order valence-corrected chi connectivity index (χ4v) is 5.25. The molecule has 144 valence electrons. The monoisotopic (exact) mass is 484 g/mol. The minimum absolute atomic E-state index is 0.321. The van der Waals surface area contributed by atoms with Gasteiger partial charge in [0.2, 0.25) is 0 Å². The Hall–Kier alpha value is -2.14. The van der Waals surface area contributed by atoms with Gasteiger partial charge in [-0.15, -0.1) is 22.7 Å². The highest BCUT2D eigenvalue weighted by Crippen LogP contribution is 2.37. The van der Waals surface area contributed by atoms with E-state index < -0.39 is 41.7 Å². The van der Waals surface area contributed by atoms with Crippen molar-refractivity contribution in [1.82, 2.24) is 9.96 Å². The number of benzene rings is 1. The second-order valence-electron chi connectivity index (χ2n) is 6.00. The molecular weight excluding hydrogens is 474 g/mol. The Balaban J connectivity index is 1.73. The maximum absolute atomic E-state index is 14.7. The van der Waals surface area contributed by atoms with Crippen LogP contribution in [0.25, 0.3) is 10.4 Å². The summed E-state index contributed by atoms with van der Waals surface area (Å²) < 4.78 is 30.1. The summed E-state index contributed by atoms with van der Waals surface area (Å²) in [6.45, 7) is -0.485. The maximum atomic E-state index is 14.7. The molecule has 0 bridgehead atoms. The average Bonchev–Trinajstić information content (AvgIpc) is 3.36. The Kier molecular flexibility index (Phi) is 5.04. The summed E-state index contributed by atoms with van der Waals surface area (Å²) in [5, 5.41) is 14.0. The molecule has 3 heterocycles. The van der Waals surface area contributed by atoms with Crippen LogP contribution < -0.4 is 0 Å². The number of thiophene rings is 2. The molecule has 1 fully saturated rings. The lowest BCUT2D eigenvalue weighted by atomic mass is 10.1. The molecule has 28 heavy (non-hydrogen) atoms. The van der Waals surface area contributed by atoms with Gasteiger partial charge in [-0.3, -0.25) is 14.8 Å². The van der Waals surface area contributed by atoms with E-state index in [4.69, 9.17) is 0 Å². The molecule has 1 saturated heterocycles. The van der Waals surface area contributed by atoms with Gasteiger partial charge in [0.15, 0.2) is 6.17 Å². The molecule has 0 saturated carbocycles. The lowest BCUT2D eigenvalue weighted by Crippen LogP contribution is -2.34. The molecule has 1 aliphatic heterocycles. The SMILES string of the molecule is O=C1CN(C(=O)c2c(F)cc(-c3cccs3)cc2F)C(c2cc(Br)cs2)N1O. The molecule has 0 spiro atoms. The number of rotatable bonds is 3. The molecule has 0 aliphatic carbocycles. The van der Waals surface area contributed by atoms with E-state index in [1.807, 2.05) is 0 Å². The lowest BCUT2D eigenvalue weighted by Gasteiger charge is -2.25. The normalized spacial score (nSPS) is 16.9. The zero-order chi connectivity index (χ0) is 20.0. The molecular formula is C18H11BrF2N2O3S2. The Morgan fingerprint density at radius 1 is 1.21 bits per heavy atom. The predicted molar refractivity (Wildman–Crippen MR) is 104 cm³/mol. The van der Waals surface area contributed by atoms with Crippen LogP contribution in [0, 0.1) is 11.6 Å². The first kappa shape index (κ1) is 19.2. The quantitative estimate of drug-likeness (QED) is 0.538. The molecule has 0 radical (unpaired) electrons. The zero-order valence-corrected chi connectivity index (χ0v) is 17.2. The number of hydrogen-bond acceptors (Lipinski definition) is 5. The highest BCUT2D eigenvalue weighted by atomic mass is 79.9. The van der Waals surface area contributed by atoms with Gasteiger partial charge in [-0.25, -0.2) is 8.78 Å². The van der Waals surface area contributed by atoms with E-state index in [2.05, 4.69) is 15.9 Å². The number of amides is 2. The number of hydroxylamine groups is 2. The van der Waals surface area contributed by atoms with Gasteiger partial charge in [0.1, 0.15) is 23.7 Å². The standard InChI is InChI=1S/C18H11BrF2N2O3S2/c19-10-6-14(28-8-10)17-22(7-15(24)23(17)26)18(25)16-11(20)4-9(5-12(16)21)13-2-1-3-27-13/h1-6,8,17,26H,7H2. The van der Waals surface area contributed by atoms with Crippen molar-refractivity contribution in [1.29, 1.82) is 0 Å². The fourth-order valence-electron chi connectivity index (χ4n) is 3.00. The summed E-state index contributed by atoms with van der Waals surface area (Å²) in [5.41, 5.74) is -0.439. The number of carbonyl (C=O) groups is 2. The molecule has 1 atom stereocenters. The van der Waals surface area contributed by atoms with Gasteiger partial charge >= 0.3 is 0 Å². The van der Waals surface area contributed by atoms with Gasteiger partial charge in [0, 0.05) is 14.7 Å². The highest BCUT2D eigenvalue weighted by molar-refractivity contribution is 9.10.